The third-order valence-corrected chi connectivity index (χ3v) is 7.21. The van der Waals surface area contributed by atoms with Crippen molar-refractivity contribution in [1.82, 2.24) is 9.80 Å². The van der Waals surface area contributed by atoms with Gasteiger partial charge < -0.3 is 19.3 Å². The monoisotopic (exact) mass is 364 g/mol. The molecule has 2 aliphatic carbocycles. The molecular weight excluding hydrogens is 328 g/mol. The Labute approximate surface area is 158 Å². The molecule has 2 aliphatic heterocycles. The first kappa shape index (κ1) is 18.7. The minimum Gasteiger partial charge on any atom is -0.381 e. The maximum atomic E-state index is 12.6. The average Bonchev–Trinajstić information content (AvgIpc) is 3.15. The molecule has 0 radical (unpaired) electrons. The van der Waals surface area contributed by atoms with Crippen LogP contribution in [0.25, 0.3) is 0 Å². The molecule has 0 aromatic rings. The lowest BCUT2D eigenvalue weighted by molar-refractivity contribution is -0.167. The van der Waals surface area contributed by atoms with Crippen molar-refractivity contribution in [1.29, 1.82) is 0 Å². The molecule has 0 N–H and O–H groups in total. The molecule has 0 aromatic carbocycles. The fourth-order valence-electron chi connectivity index (χ4n) is 5.85. The molecule has 1 amide bonds. The van der Waals surface area contributed by atoms with Gasteiger partial charge in [0.25, 0.3) is 0 Å². The first-order valence-corrected chi connectivity index (χ1v) is 11.0. The van der Waals surface area contributed by atoms with Gasteiger partial charge in [0.15, 0.2) is 0 Å². The highest BCUT2D eigenvalue weighted by molar-refractivity contribution is 5.79. The summed E-state index contributed by atoms with van der Waals surface area (Å²) in [4.78, 5) is 17.6. The van der Waals surface area contributed by atoms with Gasteiger partial charge in [-0.1, -0.05) is 12.8 Å². The largest absolute Gasteiger partial charge is 0.381 e. The molecule has 0 bridgehead atoms. The number of carbonyl (C=O) groups excluding carboxylic acids is 1. The molecule has 0 spiro atoms. The number of rotatable bonds is 5. The molecule has 0 aromatic heterocycles. The van der Waals surface area contributed by atoms with E-state index in [4.69, 9.17) is 9.47 Å². The molecule has 2 saturated carbocycles. The first-order valence-electron chi connectivity index (χ1n) is 11.0. The van der Waals surface area contributed by atoms with Gasteiger partial charge in [0.05, 0.1) is 12.1 Å². The number of hydrogen-bond acceptors (Lipinski definition) is 4. The Morgan fingerprint density at radius 3 is 2.65 bits per heavy atom. The Morgan fingerprint density at radius 2 is 1.85 bits per heavy atom. The van der Waals surface area contributed by atoms with Gasteiger partial charge in [-0.25, -0.2) is 0 Å². The normalized spacial score (nSPS) is 37.1. The van der Waals surface area contributed by atoms with Crippen LogP contribution in [0.5, 0.6) is 0 Å². The van der Waals surface area contributed by atoms with Crippen molar-refractivity contribution >= 4 is 5.91 Å². The predicted octanol–water partition coefficient (Wildman–Crippen LogP) is 2.83. The van der Waals surface area contributed by atoms with Gasteiger partial charge in [0.2, 0.25) is 5.91 Å². The molecule has 4 aliphatic rings. The smallest absolute Gasteiger partial charge is 0.249 e. The zero-order chi connectivity index (χ0) is 17.9. The third-order valence-electron chi connectivity index (χ3n) is 7.21. The van der Waals surface area contributed by atoms with Crippen molar-refractivity contribution in [2.75, 3.05) is 32.9 Å². The highest BCUT2D eigenvalue weighted by Gasteiger charge is 2.42. The van der Waals surface area contributed by atoms with Crippen molar-refractivity contribution in [3.05, 3.63) is 0 Å². The van der Waals surface area contributed by atoms with Crippen molar-refractivity contribution in [2.45, 2.75) is 88.9 Å². The van der Waals surface area contributed by atoms with E-state index in [9.17, 15) is 4.79 Å². The van der Waals surface area contributed by atoms with Crippen LogP contribution in [-0.2, 0) is 14.3 Å². The number of hydrogen-bond donors (Lipinski definition) is 0. The predicted molar refractivity (Wildman–Crippen MR) is 101 cm³/mol. The van der Waals surface area contributed by atoms with Crippen LogP contribution in [0.4, 0.5) is 0 Å². The fourth-order valence-corrected chi connectivity index (χ4v) is 5.85. The van der Waals surface area contributed by atoms with Gasteiger partial charge in [0.1, 0.15) is 6.61 Å². The van der Waals surface area contributed by atoms with Crippen LogP contribution in [-0.4, -0.2) is 72.8 Å². The summed E-state index contributed by atoms with van der Waals surface area (Å²) in [6.07, 6.45) is 11.3. The van der Waals surface area contributed by atoms with Gasteiger partial charge in [-0.05, 0) is 57.8 Å². The van der Waals surface area contributed by atoms with E-state index in [1.54, 1.807) is 0 Å². The fraction of sp³-hybridized carbons (Fsp3) is 0.952. The van der Waals surface area contributed by atoms with Gasteiger partial charge in [-0.15, -0.1) is 0 Å². The van der Waals surface area contributed by atoms with Crippen LogP contribution in [0.1, 0.15) is 64.7 Å². The van der Waals surface area contributed by atoms with Crippen LogP contribution in [0.3, 0.4) is 0 Å². The topological polar surface area (TPSA) is 42.0 Å². The Morgan fingerprint density at radius 1 is 1.04 bits per heavy atom. The number of carbonyl (C=O) groups is 1. The van der Waals surface area contributed by atoms with E-state index < -0.39 is 0 Å². The number of morpholine rings is 1. The van der Waals surface area contributed by atoms with E-state index in [2.05, 4.69) is 16.7 Å². The molecule has 2 saturated heterocycles. The Kier molecular flexibility index (Phi) is 6.17. The molecular formula is C21H36N2O3. The highest BCUT2D eigenvalue weighted by Crippen LogP contribution is 2.35. The van der Waals surface area contributed by atoms with Gasteiger partial charge in [0, 0.05) is 38.4 Å². The van der Waals surface area contributed by atoms with E-state index in [0.29, 0.717) is 24.8 Å². The Bertz CT molecular complexity index is 478. The van der Waals surface area contributed by atoms with E-state index in [1.165, 1.54) is 32.1 Å². The van der Waals surface area contributed by atoms with Gasteiger partial charge >= 0.3 is 0 Å². The van der Waals surface area contributed by atoms with Crippen LogP contribution in [0, 0.1) is 5.92 Å². The molecule has 4 fully saturated rings. The SMILES string of the molecule is CCOCC1CCC(N2CCC(N3C(=O)CO[C@H]4CCCCC43)CC2)C1. The van der Waals surface area contributed by atoms with Gasteiger partial charge in [-0.3, -0.25) is 4.79 Å². The molecule has 4 rings (SSSR count). The summed E-state index contributed by atoms with van der Waals surface area (Å²) in [6.45, 7) is 6.47. The zero-order valence-electron chi connectivity index (χ0n) is 16.4. The summed E-state index contributed by atoms with van der Waals surface area (Å²) >= 11 is 0. The Hall–Kier alpha value is -0.650. The number of piperidine rings is 1. The molecule has 2 heterocycles. The van der Waals surface area contributed by atoms with Crippen LogP contribution >= 0.6 is 0 Å². The number of nitrogens with zero attached hydrogens (tertiary/aromatic N) is 2. The Balaban J connectivity index is 1.30. The third kappa shape index (κ3) is 3.95. The quantitative estimate of drug-likeness (QED) is 0.752. The summed E-state index contributed by atoms with van der Waals surface area (Å²) < 4.78 is 11.5. The minimum atomic E-state index is 0.240. The van der Waals surface area contributed by atoms with E-state index in [1.807, 2.05) is 0 Å². The van der Waals surface area contributed by atoms with E-state index >= 15 is 0 Å². The van der Waals surface area contributed by atoms with Crippen LogP contribution in [0.2, 0.25) is 0 Å². The molecule has 148 valence electrons. The van der Waals surface area contributed by atoms with Crippen molar-refractivity contribution in [3.8, 4) is 0 Å². The summed E-state index contributed by atoms with van der Waals surface area (Å²) in [7, 11) is 0. The maximum absolute atomic E-state index is 12.6. The van der Waals surface area contributed by atoms with Crippen molar-refractivity contribution in [3.63, 3.8) is 0 Å². The van der Waals surface area contributed by atoms with E-state index in [-0.39, 0.29) is 5.91 Å². The average molecular weight is 365 g/mol. The molecule has 3 unspecified atom stereocenters. The standard InChI is InChI=1S/C21H36N2O3/c1-2-25-14-16-7-8-18(13-16)22-11-9-17(10-12-22)23-19-5-3-4-6-20(19)26-15-21(23)24/h16-20H,2-15H2,1H3/t16?,18?,19?,20-/m0/s1. The summed E-state index contributed by atoms with van der Waals surface area (Å²) in [5.41, 5.74) is 0. The number of likely N-dealkylation sites (tertiary alicyclic amines) is 1. The van der Waals surface area contributed by atoms with Crippen LogP contribution in [0.15, 0.2) is 0 Å². The number of fused-ring (bicyclic) bond motifs is 1. The second kappa shape index (κ2) is 8.57. The zero-order valence-corrected chi connectivity index (χ0v) is 16.4. The van der Waals surface area contributed by atoms with Crippen molar-refractivity contribution in [2.24, 2.45) is 5.92 Å². The summed E-state index contributed by atoms with van der Waals surface area (Å²) in [5, 5.41) is 0. The molecule has 4 atom stereocenters. The number of ether oxygens (including phenoxy) is 2. The molecule has 26 heavy (non-hydrogen) atoms. The van der Waals surface area contributed by atoms with Crippen LogP contribution < -0.4 is 0 Å². The highest BCUT2D eigenvalue weighted by atomic mass is 16.5. The lowest BCUT2D eigenvalue weighted by Crippen LogP contribution is -2.61. The van der Waals surface area contributed by atoms with E-state index in [0.717, 1.165) is 63.9 Å². The molecule has 5 nitrogen and oxygen atoms in total. The van der Waals surface area contributed by atoms with Gasteiger partial charge in [-0.2, -0.15) is 0 Å². The first-order chi connectivity index (χ1) is 12.8. The lowest BCUT2D eigenvalue weighted by Gasteiger charge is -2.49. The lowest BCUT2D eigenvalue weighted by atomic mass is 9.87. The summed E-state index contributed by atoms with van der Waals surface area (Å²) in [6, 6.07) is 1.53. The minimum absolute atomic E-state index is 0.240. The van der Waals surface area contributed by atoms with Crippen molar-refractivity contribution < 1.29 is 14.3 Å². The maximum Gasteiger partial charge on any atom is 0.249 e. The second-order valence-electron chi connectivity index (χ2n) is 8.76. The summed E-state index contributed by atoms with van der Waals surface area (Å²) in [5.74, 6) is 0.991. The molecule has 5 heteroatoms. The number of amides is 1. The second-order valence-corrected chi connectivity index (χ2v) is 8.76.